The normalized spacial score (nSPS) is 10.8. The van der Waals surface area contributed by atoms with Gasteiger partial charge in [0.05, 0.1) is 4.88 Å². The fourth-order valence-electron chi connectivity index (χ4n) is 1.55. The Balaban J connectivity index is 2.67. The molecule has 0 aliphatic carbocycles. The molecule has 0 spiro atoms. The van der Waals surface area contributed by atoms with Crippen LogP contribution in [0.3, 0.4) is 0 Å². The van der Waals surface area contributed by atoms with Crippen LogP contribution in [-0.4, -0.2) is 21.8 Å². The highest BCUT2D eigenvalue weighted by atomic mass is 32.1. The molecule has 0 aliphatic rings. The molecule has 2 N–H and O–H groups in total. The van der Waals surface area contributed by atoms with Crippen molar-refractivity contribution in [1.29, 1.82) is 0 Å². The maximum absolute atomic E-state index is 11.2. The monoisotopic (exact) mass is 223 g/mol. The fraction of sp³-hybridized carbons (Fsp3) is 0.200. The molecule has 0 aromatic carbocycles. The van der Waals surface area contributed by atoms with E-state index in [1.807, 2.05) is 6.92 Å². The van der Waals surface area contributed by atoms with Crippen LogP contribution in [0.25, 0.3) is 10.2 Å². The molecule has 0 atom stereocenters. The minimum Gasteiger partial charge on any atom is -0.477 e. The summed E-state index contributed by atoms with van der Waals surface area (Å²) in [4.78, 5) is 26.1. The van der Waals surface area contributed by atoms with Gasteiger partial charge in [0.1, 0.15) is 10.5 Å². The van der Waals surface area contributed by atoms with Crippen molar-refractivity contribution in [3.05, 3.63) is 22.2 Å². The average molecular weight is 223 g/mol. The molecule has 0 unspecified atom stereocenters. The van der Waals surface area contributed by atoms with E-state index in [4.69, 9.17) is 5.11 Å². The number of carboxylic acids is 1. The molecule has 2 aromatic heterocycles. The smallest absolute Gasteiger partial charge is 0.352 e. The molecule has 4 nitrogen and oxygen atoms in total. The fourth-order valence-corrected chi connectivity index (χ4v) is 2.64. The molecule has 2 rings (SSSR count). The van der Waals surface area contributed by atoms with Gasteiger partial charge in [0.25, 0.3) is 0 Å². The van der Waals surface area contributed by atoms with E-state index in [0.717, 1.165) is 15.8 Å². The number of H-pyrrole nitrogens is 1. The molecule has 0 bridgehead atoms. The lowest BCUT2D eigenvalue weighted by molar-refractivity contribution is 0.0691. The third-order valence-electron chi connectivity index (χ3n) is 2.28. The molecule has 0 fully saturated rings. The van der Waals surface area contributed by atoms with Crippen LogP contribution in [0.1, 0.15) is 32.6 Å². The van der Waals surface area contributed by atoms with E-state index >= 15 is 0 Å². The number of aromatic nitrogens is 1. The number of carboxylic acid groups (broad SMARTS) is 1. The Bertz CT molecular complexity index is 564. The molecule has 2 heterocycles. The molecule has 0 saturated carbocycles. The second-order valence-electron chi connectivity index (χ2n) is 3.34. The Kier molecular flexibility index (Phi) is 2.12. The highest BCUT2D eigenvalue weighted by Crippen LogP contribution is 2.31. The third kappa shape index (κ3) is 1.45. The van der Waals surface area contributed by atoms with Crippen LogP contribution in [0.15, 0.2) is 6.07 Å². The summed E-state index contributed by atoms with van der Waals surface area (Å²) in [6, 6.07) is 1.57. The van der Waals surface area contributed by atoms with Crippen molar-refractivity contribution in [1.82, 2.24) is 4.98 Å². The predicted octanol–water partition coefficient (Wildman–Crippen LogP) is 2.44. The Morgan fingerprint density at radius 2 is 2.13 bits per heavy atom. The number of thiophene rings is 1. The number of aromatic amines is 1. The van der Waals surface area contributed by atoms with Gasteiger partial charge in [-0.3, -0.25) is 4.79 Å². The van der Waals surface area contributed by atoms with Gasteiger partial charge in [0.2, 0.25) is 0 Å². The van der Waals surface area contributed by atoms with Crippen LogP contribution in [0.5, 0.6) is 0 Å². The lowest BCUT2D eigenvalue weighted by Crippen LogP contribution is -1.95. The van der Waals surface area contributed by atoms with E-state index in [0.29, 0.717) is 4.88 Å². The third-order valence-corrected chi connectivity index (χ3v) is 3.60. The van der Waals surface area contributed by atoms with Crippen LogP contribution >= 0.6 is 11.3 Å². The summed E-state index contributed by atoms with van der Waals surface area (Å²) in [6.45, 7) is 3.34. The number of hydrogen-bond donors (Lipinski definition) is 2. The number of nitrogens with one attached hydrogen (secondary N) is 1. The first kappa shape index (κ1) is 9.92. The lowest BCUT2D eigenvalue weighted by atomic mass is 10.2. The number of carbonyl (C=O) groups is 2. The van der Waals surface area contributed by atoms with Crippen molar-refractivity contribution in [2.75, 3.05) is 0 Å². The van der Waals surface area contributed by atoms with E-state index in [-0.39, 0.29) is 11.5 Å². The van der Waals surface area contributed by atoms with Gasteiger partial charge < -0.3 is 10.1 Å². The maximum Gasteiger partial charge on any atom is 0.352 e. The van der Waals surface area contributed by atoms with Gasteiger partial charge in [0, 0.05) is 5.39 Å². The van der Waals surface area contributed by atoms with Gasteiger partial charge in [-0.15, -0.1) is 11.3 Å². The number of ketones is 1. The Morgan fingerprint density at radius 1 is 1.47 bits per heavy atom. The average Bonchev–Trinajstić information content (AvgIpc) is 2.65. The molecule has 0 radical (unpaired) electrons. The van der Waals surface area contributed by atoms with E-state index < -0.39 is 5.97 Å². The van der Waals surface area contributed by atoms with Gasteiger partial charge in [-0.2, -0.15) is 0 Å². The SMILES string of the molecule is CC(=O)c1sc2[nH]c(C(=O)O)cc2c1C. The number of carbonyl (C=O) groups excluding carboxylic acids is 1. The van der Waals surface area contributed by atoms with Crippen molar-refractivity contribution in [2.45, 2.75) is 13.8 Å². The first-order chi connectivity index (χ1) is 7.00. The Labute approximate surface area is 89.5 Å². The summed E-state index contributed by atoms with van der Waals surface area (Å²) in [6.07, 6.45) is 0. The molecule has 0 saturated heterocycles. The van der Waals surface area contributed by atoms with Crippen LogP contribution in [0, 0.1) is 6.92 Å². The highest BCUT2D eigenvalue weighted by Gasteiger charge is 2.16. The van der Waals surface area contributed by atoms with Crippen LogP contribution in [0.4, 0.5) is 0 Å². The predicted molar refractivity (Wildman–Crippen MR) is 57.9 cm³/mol. The molecule has 2 aromatic rings. The number of Topliss-reactive ketones (excluding diaryl/α,β-unsaturated/α-hetero) is 1. The van der Waals surface area contributed by atoms with E-state index in [1.165, 1.54) is 18.3 Å². The highest BCUT2D eigenvalue weighted by molar-refractivity contribution is 7.20. The van der Waals surface area contributed by atoms with Crippen LogP contribution in [-0.2, 0) is 0 Å². The number of aryl methyl sites for hydroxylation is 1. The molecular weight excluding hydrogens is 214 g/mol. The van der Waals surface area contributed by atoms with Crippen molar-refractivity contribution in [3.8, 4) is 0 Å². The van der Waals surface area contributed by atoms with Crippen LogP contribution < -0.4 is 0 Å². The van der Waals surface area contributed by atoms with E-state index in [1.54, 1.807) is 6.07 Å². The molecule has 0 amide bonds. The first-order valence-electron chi connectivity index (χ1n) is 4.37. The number of fused-ring (bicyclic) bond motifs is 1. The van der Waals surface area contributed by atoms with E-state index in [9.17, 15) is 9.59 Å². The topological polar surface area (TPSA) is 70.2 Å². The summed E-state index contributed by atoms with van der Waals surface area (Å²) in [5.74, 6) is -0.971. The summed E-state index contributed by atoms with van der Waals surface area (Å²) in [7, 11) is 0. The minimum atomic E-state index is -0.984. The molecule has 15 heavy (non-hydrogen) atoms. The Hall–Kier alpha value is -1.62. The summed E-state index contributed by atoms with van der Waals surface area (Å²) < 4.78 is 0. The molecular formula is C10H9NO3S. The maximum atomic E-state index is 11.2. The zero-order chi connectivity index (χ0) is 11.2. The molecule has 5 heteroatoms. The Morgan fingerprint density at radius 3 is 2.60 bits per heavy atom. The first-order valence-corrected chi connectivity index (χ1v) is 5.18. The largest absolute Gasteiger partial charge is 0.477 e. The minimum absolute atomic E-state index is 0.0129. The zero-order valence-corrected chi connectivity index (χ0v) is 9.07. The lowest BCUT2D eigenvalue weighted by Gasteiger charge is -1.91. The molecule has 0 aliphatic heterocycles. The van der Waals surface area contributed by atoms with Crippen molar-refractivity contribution >= 4 is 33.3 Å². The van der Waals surface area contributed by atoms with Gasteiger partial charge in [-0.05, 0) is 25.5 Å². The van der Waals surface area contributed by atoms with E-state index in [2.05, 4.69) is 4.98 Å². The van der Waals surface area contributed by atoms with Gasteiger partial charge in [-0.25, -0.2) is 4.79 Å². The van der Waals surface area contributed by atoms with Gasteiger partial charge in [0.15, 0.2) is 5.78 Å². The summed E-state index contributed by atoms with van der Waals surface area (Å²) in [5.41, 5.74) is 1.01. The van der Waals surface area contributed by atoms with Gasteiger partial charge >= 0.3 is 5.97 Å². The van der Waals surface area contributed by atoms with Crippen LogP contribution in [0.2, 0.25) is 0 Å². The van der Waals surface area contributed by atoms with Crippen molar-refractivity contribution in [3.63, 3.8) is 0 Å². The number of hydrogen-bond acceptors (Lipinski definition) is 3. The standard InChI is InChI=1S/C10H9NO3S/c1-4-6-3-7(10(13)14)11-9(6)15-8(4)5(2)12/h3,11H,1-2H3,(H,13,14). The number of rotatable bonds is 2. The second-order valence-corrected chi connectivity index (χ2v) is 4.36. The second kappa shape index (κ2) is 3.20. The van der Waals surface area contributed by atoms with Crippen molar-refractivity contribution < 1.29 is 14.7 Å². The number of aromatic carboxylic acids is 1. The molecule has 78 valence electrons. The van der Waals surface area contributed by atoms with Crippen molar-refractivity contribution in [2.24, 2.45) is 0 Å². The quantitative estimate of drug-likeness (QED) is 0.768. The summed E-state index contributed by atoms with van der Waals surface area (Å²) >= 11 is 1.30. The zero-order valence-electron chi connectivity index (χ0n) is 8.25. The summed E-state index contributed by atoms with van der Waals surface area (Å²) in [5, 5.41) is 9.60. The van der Waals surface area contributed by atoms with Gasteiger partial charge in [-0.1, -0.05) is 0 Å².